The highest BCUT2D eigenvalue weighted by Gasteiger charge is 2.16. The molecule has 0 saturated carbocycles. The fraction of sp³-hybridized carbons (Fsp3) is 1.00. The summed E-state index contributed by atoms with van der Waals surface area (Å²) in [5.74, 6) is 0. The lowest BCUT2D eigenvalue weighted by molar-refractivity contribution is 0.199. The molecule has 1 aliphatic rings. The highest BCUT2D eigenvalue weighted by Crippen LogP contribution is 2.06. The smallest absolute Gasteiger partial charge is 0.224 e. The average molecular weight is 222 g/mol. The lowest BCUT2D eigenvalue weighted by atomic mass is 10.2. The summed E-state index contributed by atoms with van der Waals surface area (Å²) in [7, 11) is -3.23. The van der Waals surface area contributed by atoms with E-state index in [4.69, 9.17) is 5.11 Å². The van der Waals surface area contributed by atoms with Crippen molar-refractivity contribution in [3.8, 4) is 0 Å². The first kappa shape index (κ1) is 11.9. The summed E-state index contributed by atoms with van der Waals surface area (Å²) in [5.41, 5.74) is 0. The molecule has 0 aromatic rings. The molecule has 1 rings (SSSR count). The van der Waals surface area contributed by atoms with Crippen LogP contribution in [0.3, 0.4) is 0 Å². The van der Waals surface area contributed by atoms with E-state index in [1.54, 1.807) is 5.01 Å². The van der Waals surface area contributed by atoms with E-state index in [-0.39, 0.29) is 12.4 Å². The van der Waals surface area contributed by atoms with Crippen molar-refractivity contribution in [2.45, 2.75) is 25.7 Å². The van der Waals surface area contributed by atoms with Gasteiger partial charge in [0.15, 0.2) is 0 Å². The third-order valence-corrected chi connectivity index (χ3v) is 3.56. The van der Waals surface area contributed by atoms with E-state index in [0.717, 1.165) is 25.9 Å². The maximum absolute atomic E-state index is 11.4. The fourth-order valence-electron chi connectivity index (χ4n) is 1.48. The maximum Gasteiger partial charge on any atom is 0.224 e. The van der Waals surface area contributed by atoms with Crippen LogP contribution in [0.2, 0.25) is 0 Å². The Morgan fingerprint density at radius 2 is 1.86 bits per heavy atom. The van der Waals surface area contributed by atoms with Crippen molar-refractivity contribution >= 4 is 10.0 Å². The van der Waals surface area contributed by atoms with Crippen LogP contribution < -0.4 is 4.83 Å². The van der Waals surface area contributed by atoms with Gasteiger partial charge in [-0.05, 0) is 19.3 Å². The molecule has 0 atom stereocenters. The Morgan fingerprint density at radius 1 is 1.21 bits per heavy atom. The van der Waals surface area contributed by atoms with Crippen LogP contribution in [0.1, 0.15) is 25.7 Å². The second-order valence-electron chi connectivity index (χ2n) is 3.54. The van der Waals surface area contributed by atoms with E-state index in [9.17, 15) is 8.42 Å². The fourth-order valence-corrected chi connectivity index (χ4v) is 2.66. The first-order chi connectivity index (χ1) is 6.64. The molecule has 6 heteroatoms. The summed E-state index contributed by atoms with van der Waals surface area (Å²) in [6.45, 7) is 1.50. The van der Waals surface area contributed by atoms with Crippen LogP contribution in [0.15, 0.2) is 0 Å². The van der Waals surface area contributed by atoms with Crippen LogP contribution in [0, 0.1) is 0 Å². The standard InChI is InChI=1S/C8H18N2O3S/c11-7-4-8-14(12,13)9-10-5-2-1-3-6-10/h9,11H,1-8H2. The van der Waals surface area contributed by atoms with Crippen LogP contribution in [-0.4, -0.2) is 44.0 Å². The van der Waals surface area contributed by atoms with Gasteiger partial charge in [0.25, 0.3) is 0 Å². The highest BCUT2D eigenvalue weighted by molar-refractivity contribution is 7.89. The summed E-state index contributed by atoms with van der Waals surface area (Å²) in [5, 5.41) is 10.3. The molecular formula is C8H18N2O3S. The van der Waals surface area contributed by atoms with Gasteiger partial charge in [0.05, 0.1) is 5.75 Å². The van der Waals surface area contributed by atoms with Gasteiger partial charge >= 0.3 is 0 Å². The SMILES string of the molecule is O=S(=O)(CCCO)NN1CCCCC1. The van der Waals surface area contributed by atoms with Gasteiger partial charge in [-0.3, -0.25) is 0 Å². The van der Waals surface area contributed by atoms with Crippen LogP contribution >= 0.6 is 0 Å². The van der Waals surface area contributed by atoms with E-state index in [1.165, 1.54) is 6.42 Å². The van der Waals surface area contributed by atoms with Gasteiger partial charge < -0.3 is 5.11 Å². The van der Waals surface area contributed by atoms with Crippen molar-refractivity contribution in [1.29, 1.82) is 0 Å². The normalized spacial score (nSPS) is 19.8. The molecule has 0 amide bonds. The molecule has 1 heterocycles. The van der Waals surface area contributed by atoms with E-state index >= 15 is 0 Å². The van der Waals surface area contributed by atoms with Crippen LogP contribution in [0.25, 0.3) is 0 Å². The lowest BCUT2D eigenvalue weighted by Crippen LogP contribution is -2.45. The van der Waals surface area contributed by atoms with Gasteiger partial charge in [-0.2, -0.15) is 0 Å². The first-order valence-corrected chi connectivity index (χ1v) is 6.65. The second kappa shape index (κ2) is 5.65. The number of hydrogen-bond acceptors (Lipinski definition) is 4. The van der Waals surface area contributed by atoms with Crippen molar-refractivity contribution in [3.63, 3.8) is 0 Å². The molecule has 0 radical (unpaired) electrons. The molecule has 1 fully saturated rings. The maximum atomic E-state index is 11.4. The van der Waals surface area contributed by atoms with Crippen LogP contribution in [-0.2, 0) is 10.0 Å². The quantitative estimate of drug-likeness (QED) is 0.669. The van der Waals surface area contributed by atoms with Crippen molar-refractivity contribution in [3.05, 3.63) is 0 Å². The molecular weight excluding hydrogens is 204 g/mol. The monoisotopic (exact) mass is 222 g/mol. The molecule has 5 nitrogen and oxygen atoms in total. The summed E-state index contributed by atoms with van der Waals surface area (Å²) in [4.78, 5) is 2.52. The number of aliphatic hydroxyl groups is 1. The predicted octanol–water partition coefficient (Wildman–Crippen LogP) is -0.311. The Balaban J connectivity index is 2.33. The number of nitrogens with one attached hydrogen (secondary N) is 1. The minimum atomic E-state index is -3.23. The number of sulfonamides is 1. The van der Waals surface area contributed by atoms with Gasteiger partial charge in [-0.15, -0.1) is 4.83 Å². The van der Waals surface area contributed by atoms with Crippen LogP contribution in [0.4, 0.5) is 0 Å². The van der Waals surface area contributed by atoms with Gasteiger partial charge in [0.1, 0.15) is 0 Å². The first-order valence-electron chi connectivity index (χ1n) is 5.00. The second-order valence-corrected chi connectivity index (χ2v) is 5.36. The van der Waals surface area contributed by atoms with Crippen LogP contribution in [0.5, 0.6) is 0 Å². The van der Waals surface area contributed by atoms with E-state index < -0.39 is 10.0 Å². The minimum Gasteiger partial charge on any atom is -0.396 e. The number of hydrazine groups is 1. The van der Waals surface area contributed by atoms with Crippen molar-refractivity contribution in [2.24, 2.45) is 0 Å². The zero-order valence-corrected chi connectivity index (χ0v) is 9.09. The molecule has 14 heavy (non-hydrogen) atoms. The van der Waals surface area contributed by atoms with Gasteiger partial charge in [-0.25, -0.2) is 13.4 Å². The van der Waals surface area contributed by atoms with E-state index in [0.29, 0.717) is 6.42 Å². The summed E-state index contributed by atoms with van der Waals surface area (Å²) in [6, 6.07) is 0. The number of aliphatic hydroxyl groups excluding tert-OH is 1. The number of rotatable bonds is 5. The Bertz CT molecular complexity index is 247. The summed E-state index contributed by atoms with van der Waals surface area (Å²) < 4.78 is 22.8. The van der Waals surface area contributed by atoms with Crippen molar-refractivity contribution in [2.75, 3.05) is 25.4 Å². The molecule has 0 bridgehead atoms. The third-order valence-electron chi connectivity index (χ3n) is 2.20. The number of nitrogens with zero attached hydrogens (tertiary/aromatic N) is 1. The zero-order chi connectivity index (χ0) is 10.4. The molecule has 0 spiro atoms. The Kier molecular flexibility index (Phi) is 4.80. The van der Waals surface area contributed by atoms with E-state index in [1.807, 2.05) is 0 Å². The minimum absolute atomic E-state index is 0. The molecule has 0 unspecified atom stereocenters. The molecule has 2 N–H and O–H groups in total. The predicted molar refractivity (Wildman–Crippen MR) is 54.0 cm³/mol. The Labute approximate surface area is 85.1 Å². The Morgan fingerprint density at radius 3 is 2.43 bits per heavy atom. The molecule has 0 aromatic heterocycles. The average Bonchev–Trinajstić information content (AvgIpc) is 2.16. The summed E-state index contributed by atoms with van der Waals surface area (Å²) >= 11 is 0. The number of piperidine rings is 1. The number of hydrogen-bond donors (Lipinski definition) is 2. The Hall–Kier alpha value is -0.170. The third kappa shape index (κ3) is 4.36. The zero-order valence-electron chi connectivity index (χ0n) is 8.28. The lowest BCUT2D eigenvalue weighted by Gasteiger charge is -2.26. The van der Waals surface area contributed by atoms with Gasteiger partial charge in [0, 0.05) is 19.7 Å². The molecule has 1 aliphatic heterocycles. The van der Waals surface area contributed by atoms with E-state index in [2.05, 4.69) is 4.83 Å². The molecule has 1 saturated heterocycles. The van der Waals surface area contributed by atoms with Crippen molar-refractivity contribution < 1.29 is 13.5 Å². The topological polar surface area (TPSA) is 69.6 Å². The largest absolute Gasteiger partial charge is 0.396 e. The van der Waals surface area contributed by atoms with Crippen molar-refractivity contribution in [1.82, 2.24) is 9.84 Å². The van der Waals surface area contributed by atoms with Gasteiger partial charge in [0.2, 0.25) is 10.0 Å². The molecule has 0 aliphatic carbocycles. The summed E-state index contributed by atoms with van der Waals surface area (Å²) in [6.07, 6.45) is 3.56. The highest BCUT2D eigenvalue weighted by atomic mass is 32.2. The van der Waals surface area contributed by atoms with Gasteiger partial charge in [-0.1, -0.05) is 6.42 Å². The molecule has 0 aromatic carbocycles. The molecule has 84 valence electrons.